The summed E-state index contributed by atoms with van der Waals surface area (Å²) in [5, 5.41) is 1.45. The quantitative estimate of drug-likeness (QED) is 0.562. The Morgan fingerprint density at radius 1 is 1.43 bits per heavy atom. The molecule has 0 fully saturated rings. The molecule has 3 heteroatoms. The van der Waals surface area contributed by atoms with Crippen molar-refractivity contribution in [1.29, 1.82) is 0 Å². The summed E-state index contributed by atoms with van der Waals surface area (Å²) in [7, 11) is 0. The highest BCUT2D eigenvalue weighted by atomic mass is 127. The van der Waals surface area contributed by atoms with Crippen molar-refractivity contribution < 1.29 is 0 Å². The Morgan fingerprint density at radius 3 is 2.86 bits per heavy atom. The highest BCUT2D eigenvalue weighted by molar-refractivity contribution is 14.1. The fourth-order valence-corrected chi connectivity index (χ4v) is 4.47. The lowest BCUT2D eigenvalue weighted by atomic mass is 10.1. The summed E-state index contributed by atoms with van der Waals surface area (Å²) in [6.45, 7) is 2.24. The Labute approximate surface area is 106 Å². The standard InChI is InChI=1S/C11H11IS2/c1-3-8-9-5-4-7(12)6-10(9)14-11(8)13-2/h4-6H,3H2,1-2H3. The first-order valence-electron chi connectivity index (χ1n) is 4.51. The summed E-state index contributed by atoms with van der Waals surface area (Å²) in [5.74, 6) is 0. The summed E-state index contributed by atoms with van der Waals surface area (Å²) in [5.41, 5.74) is 1.52. The first-order chi connectivity index (χ1) is 6.76. The lowest BCUT2D eigenvalue weighted by Gasteiger charge is -1.97. The SMILES string of the molecule is CCc1c(SC)sc2cc(I)ccc12. The zero-order chi connectivity index (χ0) is 10.1. The molecular weight excluding hydrogens is 323 g/mol. The maximum atomic E-state index is 2.37. The molecule has 0 amide bonds. The predicted octanol–water partition coefficient (Wildman–Crippen LogP) is 4.79. The second-order valence-electron chi connectivity index (χ2n) is 3.07. The number of hydrogen-bond donors (Lipinski definition) is 0. The van der Waals surface area contributed by atoms with Crippen LogP contribution in [-0.4, -0.2) is 6.26 Å². The third-order valence-electron chi connectivity index (χ3n) is 2.26. The molecule has 0 unspecified atom stereocenters. The molecule has 0 aliphatic rings. The highest BCUT2D eigenvalue weighted by Crippen LogP contribution is 2.37. The fourth-order valence-electron chi connectivity index (χ4n) is 1.60. The maximum Gasteiger partial charge on any atom is 0.0640 e. The molecule has 0 radical (unpaired) electrons. The topological polar surface area (TPSA) is 0 Å². The van der Waals surface area contributed by atoms with Crippen molar-refractivity contribution in [3.63, 3.8) is 0 Å². The highest BCUT2D eigenvalue weighted by Gasteiger charge is 2.09. The van der Waals surface area contributed by atoms with Crippen LogP contribution in [0.5, 0.6) is 0 Å². The van der Waals surface area contributed by atoms with Gasteiger partial charge in [-0.05, 0) is 58.3 Å². The minimum absolute atomic E-state index is 1.14. The molecule has 74 valence electrons. The van der Waals surface area contributed by atoms with Gasteiger partial charge in [-0.15, -0.1) is 23.1 Å². The molecule has 0 saturated heterocycles. The molecule has 0 N–H and O–H groups in total. The number of thioether (sulfide) groups is 1. The first-order valence-corrected chi connectivity index (χ1v) is 7.63. The van der Waals surface area contributed by atoms with Crippen molar-refractivity contribution in [2.45, 2.75) is 17.6 Å². The van der Waals surface area contributed by atoms with Crippen LogP contribution < -0.4 is 0 Å². The van der Waals surface area contributed by atoms with Gasteiger partial charge in [-0.1, -0.05) is 13.0 Å². The van der Waals surface area contributed by atoms with Gasteiger partial charge in [-0.3, -0.25) is 0 Å². The molecule has 2 rings (SSSR count). The van der Waals surface area contributed by atoms with Crippen molar-refractivity contribution >= 4 is 55.8 Å². The van der Waals surface area contributed by atoms with Crippen LogP contribution in [0, 0.1) is 3.57 Å². The number of rotatable bonds is 2. The Bertz CT molecular complexity index is 460. The Kier molecular flexibility index (Phi) is 3.39. The van der Waals surface area contributed by atoms with Gasteiger partial charge < -0.3 is 0 Å². The smallest absolute Gasteiger partial charge is 0.0640 e. The average Bonchev–Trinajstić information content (AvgIpc) is 2.54. The van der Waals surface area contributed by atoms with E-state index in [1.165, 1.54) is 23.4 Å². The molecule has 1 aromatic heterocycles. The molecule has 0 aliphatic carbocycles. The lowest BCUT2D eigenvalue weighted by molar-refractivity contribution is 1.13. The van der Waals surface area contributed by atoms with Crippen molar-refractivity contribution in [3.8, 4) is 0 Å². The molecule has 0 saturated carbocycles. The van der Waals surface area contributed by atoms with Crippen molar-refractivity contribution in [2.75, 3.05) is 6.26 Å². The number of benzene rings is 1. The number of thiophene rings is 1. The minimum Gasteiger partial charge on any atom is -0.128 e. The third-order valence-corrected chi connectivity index (χ3v) is 5.28. The van der Waals surface area contributed by atoms with E-state index in [0.29, 0.717) is 0 Å². The second kappa shape index (κ2) is 4.41. The van der Waals surface area contributed by atoms with Crippen LogP contribution in [0.2, 0.25) is 0 Å². The van der Waals surface area contributed by atoms with Gasteiger partial charge in [0, 0.05) is 8.27 Å². The van der Waals surface area contributed by atoms with E-state index in [-0.39, 0.29) is 0 Å². The van der Waals surface area contributed by atoms with E-state index in [0.717, 1.165) is 6.42 Å². The molecular formula is C11H11IS2. The number of aryl methyl sites for hydroxylation is 1. The van der Waals surface area contributed by atoms with Crippen LogP contribution in [0.4, 0.5) is 0 Å². The van der Waals surface area contributed by atoms with Gasteiger partial charge in [-0.25, -0.2) is 0 Å². The van der Waals surface area contributed by atoms with Crippen molar-refractivity contribution in [3.05, 3.63) is 27.3 Å². The van der Waals surface area contributed by atoms with Crippen LogP contribution >= 0.6 is 45.7 Å². The van der Waals surface area contributed by atoms with Gasteiger partial charge in [0.05, 0.1) is 4.21 Å². The van der Waals surface area contributed by atoms with E-state index in [4.69, 9.17) is 0 Å². The number of hydrogen-bond acceptors (Lipinski definition) is 2. The zero-order valence-corrected chi connectivity index (χ0v) is 11.9. The predicted molar refractivity (Wildman–Crippen MR) is 75.7 cm³/mol. The van der Waals surface area contributed by atoms with Crippen LogP contribution in [0.3, 0.4) is 0 Å². The molecule has 14 heavy (non-hydrogen) atoms. The van der Waals surface area contributed by atoms with E-state index in [1.54, 1.807) is 0 Å². The van der Waals surface area contributed by atoms with Crippen LogP contribution in [0.25, 0.3) is 10.1 Å². The number of fused-ring (bicyclic) bond motifs is 1. The molecule has 0 bridgehead atoms. The summed E-state index contributed by atoms with van der Waals surface area (Å²) in [4.78, 5) is 0. The monoisotopic (exact) mass is 334 g/mol. The molecule has 0 aliphatic heterocycles. The fraction of sp³-hybridized carbons (Fsp3) is 0.273. The van der Waals surface area contributed by atoms with E-state index < -0.39 is 0 Å². The van der Waals surface area contributed by atoms with E-state index in [9.17, 15) is 0 Å². The molecule has 0 atom stereocenters. The summed E-state index contributed by atoms with van der Waals surface area (Å²) >= 11 is 6.16. The molecule has 1 aromatic carbocycles. The Hall–Kier alpha value is 0.260. The minimum atomic E-state index is 1.14. The lowest BCUT2D eigenvalue weighted by Crippen LogP contribution is -1.78. The van der Waals surface area contributed by atoms with Crippen LogP contribution in [-0.2, 0) is 6.42 Å². The van der Waals surface area contributed by atoms with E-state index in [2.05, 4.69) is 54.0 Å². The van der Waals surface area contributed by atoms with Crippen molar-refractivity contribution in [1.82, 2.24) is 0 Å². The Balaban J connectivity index is 2.73. The summed E-state index contributed by atoms with van der Waals surface area (Å²) in [6.07, 6.45) is 3.30. The molecule has 0 nitrogen and oxygen atoms in total. The third kappa shape index (κ3) is 1.82. The number of halogens is 1. The first kappa shape index (κ1) is 10.8. The largest absolute Gasteiger partial charge is 0.128 e. The second-order valence-corrected chi connectivity index (χ2v) is 6.44. The van der Waals surface area contributed by atoms with Crippen LogP contribution in [0.1, 0.15) is 12.5 Å². The zero-order valence-electron chi connectivity index (χ0n) is 8.13. The van der Waals surface area contributed by atoms with Gasteiger partial charge in [0.15, 0.2) is 0 Å². The van der Waals surface area contributed by atoms with E-state index in [1.807, 2.05) is 23.1 Å². The van der Waals surface area contributed by atoms with Gasteiger partial charge in [-0.2, -0.15) is 0 Å². The van der Waals surface area contributed by atoms with Gasteiger partial charge in [0.25, 0.3) is 0 Å². The van der Waals surface area contributed by atoms with Crippen molar-refractivity contribution in [2.24, 2.45) is 0 Å². The van der Waals surface area contributed by atoms with Gasteiger partial charge in [0.2, 0.25) is 0 Å². The molecule has 1 heterocycles. The van der Waals surface area contributed by atoms with Gasteiger partial charge >= 0.3 is 0 Å². The Morgan fingerprint density at radius 2 is 2.21 bits per heavy atom. The summed E-state index contributed by atoms with van der Waals surface area (Å²) in [6, 6.07) is 6.73. The molecule has 0 spiro atoms. The normalized spacial score (nSPS) is 11.1. The van der Waals surface area contributed by atoms with Gasteiger partial charge in [0.1, 0.15) is 0 Å². The molecule has 2 aromatic rings. The maximum absolute atomic E-state index is 2.37. The van der Waals surface area contributed by atoms with E-state index >= 15 is 0 Å². The van der Waals surface area contributed by atoms with Crippen LogP contribution in [0.15, 0.2) is 22.4 Å². The summed E-state index contributed by atoms with van der Waals surface area (Å²) < 4.78 is 4.23. The average molecular weight is 334 g/mol.